The molecule has 1 fully saturated rings. The molecule has 22 heavy (non-hydrogen) atoms. The summed E-state index contributed by atoms with van der Waals surface area (Å²) in [6.45, 7) is 8.51. The SMILES string of the molecule is [C-]#[N+]c1ccc(N2C(=O)N(C)C[C@@H]2[C@@H](C)O)cc1C(F)(F)F. The van der Waals surface area contributed by atoms with Crippen molar-refractivity contribution in [3.8, 4) is 0 Å². The van der Waals surface area contributed by atoms with Gasteiger partial charge in [0, 0.05) is 19.3 Å². The Kier molecular flexibility index (Phi) is 4.02. The van der Waals surface area contributed by atoms with Crippen LogP contribution >= 0.6 is 0 Å². The largest absolute Gasteiger partial charge is 0.407 e. The fourth-order valence-electron chi connectivity index (χ4n) is 2.43. The monoisotopic (exact) mass is 313 g/mol. The zero-order valence-electron chi connectivity index (χ0n) is 11.9. The van der Waals surface area contributed by atoms with Crippen molar-refractivity contribution in [1.82, 2.24) is 4.90 Å². The summed E-state index contributed by atoms with van der Waals surface area (Å²) in [5.74, 6) is 0. The predicted molar refractivity (Wildman–Crippen MR) is 73.7 cm³/mol. The molecule has 118 valence electrons. The zero-order chi connectivity index (χ0) is 16.7. The molecule has 1 aliphatic rings. The first kappa shape index (κ1) is 16.1. The lowest BCUT2D eigenvalue weighted by Gasteiger charge is -2.26. The van der Waals surface area contributed by atoms with Crippen LogP contribution in [0.4, 0.5) is 29.3 Å². The van der Waals surface area contributed by atoms with Crippen molar-refractivity contribution in [2.75, 3.05) is 18.5 Å². The minimum absolute atomic E-state index is 0.0139. The molecule has 2 atom stereocenters. The highest BCUT2D eigenvalue weighted by molar-refractivity contribution is 5.95. The van der Waals surface area contributed by atoms with E-state index in [9.17, 15) is 23.1 Å². The number of aliphatic hydroxyl groups is 1. The standard InChI is InChI=1S/C14H14F3N3O2/c1-8(21)12-7-19(3)13(22)20(12)9-4-5-11(18-2)10(6-9)14(15,16)17/h4-6,8,12,21H,7H2,1,3H3/t8-,12-/m1/s1. The van der Waals surface area contributed by atoms with Gasteiger partial charge in [0.15, 0.2) is 5.69 Å². The van der Waals surface area contributed by atoms with Gasteiger partial charge in [-0.3, -0.25) is 4.90 Å². The van der Waals surface area contributed by atoms with Crippen LogP contribution in [0.1, 0.15) is 12.5 Å². The van der Waals surface area contributed by atoms with Crippen LogP contribution in [-0.2, 0) is 6.18 Å². The number of anilines is 1. The van der Waals surface area contributed by atoms with E-state index in [1.54, 1.807) is 0 Å². The molecular weight excluding hydrogens is 299 g/mol. The summed E-state index contributed by atoms with van der Waals surface area (Å²) in [6, 6.07) is 1.97. The number of likely N-dealkylation sites (N-methyl/N-ethyl adjacent to an activating group) is 1. The predicted octanol–water partition coefficient (Wildman–Crippen LogP) is 2.88. The van der Waals surface area contributed by atoms with E-state index >= 15 is 0 Å². The first-order valence-electron chi connectivity index (χ1n) is 6.48. The number of halogens is 3. The molecule has 0 saturated carbocycles. The molecule has 2 rings (SSSR count). The Morgan fingerprint density at radius 3 is 2.59 bits per heavy atom. The number of amides is 2. The molecule has 5 nitrogen and oxygen atoms in total. The molecule has 0 aromatic heterocycles. The molecule has 1 aliphatic heterocycles. The minimum Gasteiger partial charge on any atom is -0.391 e. The number of urea groups is 1. The van der Waals surface area contributed by atoms with Crippen molar-refractivity contribution in [2.45, 2.75) is 25.2 Å². The van der Waals surface area contributed by atoms with E-state index in [1.165, 1.54) is 24.9 Å². The number of benzene rings is 1. The Morgan fingerprint density at radius 1 is 1.45 bits per heavy atom. The number of hydrogen-bond acceptors (Lipinski definition) is 2. The molecule has 0 unspecified atom stereocenters. The molecule has 1 aromatic rings. The molecule has 0 bridgehead atoms. The van der Waals surface area contributed by atoms with Gasteiger partial charge in [-0.05, 0) is 19.1 Å². The van der Waals surface area contributed by atoms with E-state index in [-0.39, 0.29) is 12.2 Å². The summed E-state index contributed by atoms with van der Waals surface area (Å²) >= 11 is 0. The van der Waals surface area contributed by atoms with Crippen LogP contribution in [-0.4, -0.2) is 41.8 Å². The highest BCUT2D eigenvalue weighted by atomic mass is 19.4. The van der Waals surface area contributed by atoms with E-state index in [2.05, 4.69) is 4.85 Å². The second kappa shape index (κ2) is 5.50. The third-order valence-electron chi connectivity index (χ3n) is 3.57. The van der Waals surface area contributed by atoms with Gasteiger partial charge >= 0.3 is 12.2 Å². The molecule has 1 aromatic carbocycles. The van der Waals surface area contributed by atoms with Crippen LogP contribution in [0.3, 0.4) is 0 Å². The van der Waals surface area contributed by atoms with Crippen LogP contribution < -0.4 is 4.90 Å². The average molecular weight is 313 g/mol. The van der Waals surface area contributed by atoms with E-state index in [0.29, 0.717) is 0 Å². The third kappa shape index (κ3) is 2.72. The lowest BCUT2D eigenvalue weighted by Crippen LogP contribution is -2.41. The van der Waals surface area contributed by atoms with Crippen molar-refractivity contribution < 1.29 is 23.1 Å². The minimum atomic E-state index is -4.69. The number of nitrogens with zero attached hydrogens (tertiary/aromatic N) is 3. The summed E-state index contributed by atoms with van der Waals surface area (Å²) < 4.78 is 39.1. The molecule has 1 saturated heterocycles. The van der Waals surface area contributed by atoms with Gasteiger partial charge in [-0.1, -0.05) is 6.07 Å². The fourth-order valence-corrected chi connectivity index (χ4v) is 2.43. The van der Waals surface area contributed by atoms with Gasteiger partial charge in [0.05, 0.1) is 24.3 Å². The van der Waals surface area contributed by atoms with Gasteiger partial charge in [0.1, 0.15) is 0 Å². The average Bonchev–Trinajstić information content (AvgIpc) is 2.73. The maximum Gasteiger partial charge on any atom is 0.407 e. The number of alkyl halides is 3. The quantitative estimate of drug-likeness (QED) is 0.854. The Morgan fingerprint density at radius 2 is 2.09 bits per heavy atom. The first-order chi connectivity index (χ1) is 10.2. The smallest absolute Gasteiger partial charge is 0.391 e. The van der Waals surface area contributed by atoms with Gasteiger partial charge < -0.3 is 10.0 Å². The van der Waals surface area contributed by atoms with Crippen LogP contribution in [0.5, 0.6) is 0 Å². The molecule has 8 heteroatoms. The van der Waals surface area contributed by atoms with Crippen LogP contribution in [0, 0.1) is 6.57 Å². The van der Waals surface area contributed by atoms with Crippen molar-refractivity contribution >= 4 is 17.4 Å². The number of rotatable bonds is 2. The van der Waals surface area contributed by atoms with Gasteiger partial charge in [-0.2, -0.15) is 13.2 Å². The zero-order valence-corrected chi connectivity index (χ0v) is 11.9. The Hall–Kier alpha value is -2.27. The maximum absolute atomic E-state index is 13.0. The molecule has 0 spiro atoms. The second-order valence-electron chi connectivity index (χ2n) is 5.15. The first-order valence-corrected chi connectivity index (χ1v) is 6.48. The van der Waals surface area contributed by atoms with Crippen LogP contribution in [0.25, 0.3) is 4.85 Å². The summed E-state index contributed by atoms with van der Waals surface area (Å²) in [4.78, 5) is 17.5. The second-order valence-corrected chi connectivity index (χ2v) is 5.15. The fraction of sp³-hybridized carbons (Fsp3) is 0.429. The van der Waals surface area contributed by atoms with Gasteiger partial charge in [-0.15, -0.1) is 0 Å². The van der Waals surface area contributed by atoms with E-state index < -0.39 is 35.6 Å². The molecule has 1 N–H and O–H groups in total. The number of hydrogen-bond donors (Lipinski definition) is 1. The Labute approximate surface area is 125 Å². The highest BCUT2D eigenvalue weighted by Gasteiger charge is 2.40. The van der Waals surface area contributed by atoms with Crippen molar-refractivity contribution in [2.24, 2.45) is 0 Å². The van der Waals surface area contributed by atoms with E-state index in [4.69, 9.17) is 6.57 Å². The summed E-state index contributed by atoms with van der Waals surface area (Å²) in [7, 11) is 1.51. The maximum atomic E-state index is 13.0. The van der Waals surface area contributed by atoms with Gasteiger partial charge in [0.25, 0.3) is 0 Å². The molecule has 0 radical (unpaired) electrons. The molecule has 0 aliphatic carbocycles. The molecular formula is C14H14F3N3O2. The lowest BCUT2D eigenvalue weighted by atomic mass is 10.1. The summed E-state index contributed by atoms with van der Waals surface area (Å²) in [5, 5.41) is 9.76. The Balaban J connectivity index is 2.53. The Bertz CT molecular complexity index is 637. The van der Waals surface area contributed by atoms with Crippen molar-refractivity contribution in [3.05, 3.63) is 35.2 Å². The van der Waals surface area contributed by atoms with Crippen LogP contribution in [0.15, 0.2) is 18.2 Å². The lowest BCUT2D eigenvalue weighted by molar-refractivity contribution is -0.136. The van der Waals surface area contributed by atoms with Crippen molar-refractivity contribution in [1.29, 1.82) is 0 Å². The van der Waals surface area contributed by atoms with E-state index in [0.717, 1.165) is 17.0 Å². The number of carbonyl (C=O) groups is 1. The number of carbonyl (C=O) groups excluding carboxylic acids is 1. The molecule has 1 heterocycles. The summed E-state index contributed by atoms with van der Waals surface area (Å²) in [6.07, 6.45) is -5.59. The topological polar surface area (TPSA) is 48.1 Å². The van der Waals surface area contributed by atoms with Crippen molar-refractivity contribution in [3.63, 3.8) is 0 Å². The van der Waals surface area contributed by atoms with Gasteiger partial charge in [0.2, 0.25) is 0 Å². The molecule has 2 amide bonds. The highest BCUT2D eigenvalue weighted by Crippen LogP contribution is 2.39. The number of aliphatic hydroxyl groups excluding tert-OH is 1. The van der Waals surface area contributed by atoms with Gasteiger partial charge in [-0.25, -0.2) is 9.64 Å². The summed E-state index contributed by atoms with van der Waals surface area (Å²) in [5.41, 5.74) is -1.60. The third-order valence-corrected chi connectivity index (χ3v) is 3.57. The normalized spacial score (nSPS) is 20.2. The van der Waals surface area contributed by atoms with E-state index in [1.807, 2.05) is 0 Å². The van der Waals surface area contributed by atoms with Crippen LogP contribution in [0.2, 0.25) is 0 Å².